The number of carbonyl (C=O) groups is 1. The fraction of sp³-hybridized carbons (Fsp3) is 0.263. The summed E-state index contributed by atoms with van der Waals surface area (Å²) >= 11 is 0. The number of carbonyl (C=O) groups excluding carboxylic acids is 1. The summed E-state index contributed by atoms with van der Waals surface area (Å²) in [5.41, 5.74) is 1.49. The molecule has 0 saturated carbocycles. The van der Waals surface area contributed by atoms with Crippen LogP contribution in [-0.4, -0.2) is 38.8 Å². The third-order valence-electron chi connectivity index (χ3n) is 4.59. The van der Waals surface area contributed by atoms with Crippen LogP contribution < -0.4 is 0 Å². The Morgan fingerprint density at radius 3 is 2.88 bits per heavy atom. The van der Waals surface area contributed by atoms with Gasteiger partial charge >= 0.3 is 0 Å². The average Bonchev–Trinajstić information content (AvgIpc) is 2.68. The quantitative estimate of drug-likeness (QED) is 0.728. The van der Waals surface area contributed by atoms with Crippen molar-refractivity contribution < 1.29 is 4.79 Å². The highest BCUT2D eigenvalue weighted by atomic mass is 16.2. The van der Waals surface area contributed by atoms with Gasteiger partial charge in [-0.05, 0) is 24.3 Å². The molecule has 1 fully saturated rings. The monoisotopic (exact) mass is 318 g/mol. The first-order valence-corrected chi connectivity index (χ1v) is 8.22. The number of benzene rings is 1. The Bertz CT molecular complexity index is 860. The van der Waals surface area contributed by atoms with Crippen molar-refractivity contribution in [3.05, 3.63) is 66.5 Å². The number of rotatable bonds is 2. The largest absolute Gasteiger partial charge is 0.337 e. The molecule has 1 unspecified atom stereocenters. The minimum absolute atomic E-state index is 0.000361. The Kier molecular flexibility index (Phi) is 3.91. The fourth-order valence-electron chi connectivity index (χ4n) is 3.36. The maximum Gasteiger partial charge on any atom is 0.273 e. The van der Waals surface area contributed by atoms with E-state index >= 15 is 0 Å². The molecule has 2 aromatic heterocycles. The molecule has 0 N–H and O–H groups in total. The Morgan fingerprint density at radius 2 is 2.00 bits per heavy atom. The predicted octanol–water partition coefficient (Wildman–Crippen LogP) is 3.04. The zero-order valence-corrected chi connectivity index (χ0v) is 13.3. The normalized spacial score (nSPS) is 17.8. The molecule has 0 radical (unpaired) electrons. The standard InChI is InChI=1S/C19H18N4O/c24-19(18-16-6-2-1-4-14(16)7-8-22-18)23-11-3-5-15(13-23)17-12-20-9-10-21-17/h1-2,4,6-10,12,15H,3,5,11,13H2. The van der Waals surface area contributed by atoms with Gasteiger partial charge in [-0.15, -0.1) is 0 Å². The van der Waals surface area contributed by atoms with Crippen molar-refractivity contribution in [1.82, 2.24) is 19.9 Å². The van der Waals surface area contributed by atoms with E-state index in [1.54, 1.807) is 24.8 Å². The van der Waals surface area contributed by atoms with Crippen LogP contribution in [0.3, 0.4) is 0 Å². The molecule has 1 saturated heterocycles. The van der Waals surface area contributed by atoms with Crippen molar-refractivity contribution in [2.24, 2.45) is 0 Å². The molecule has 1 atom stereocenters. The molecule has 5 heteroatoms. The van der Waals surface area contributed by atoms with Crippen LogP contribution in [0.2, 0.25) is 0 Å². The minimum Gasteiger partial charge on any atom is -0.337 e. The highest BCUT2D eigenvalue weighted by molar-refractivity contribution is 6.05. The van der Waals surface area contributed by atoms with Gasteiger partial charge in [0.2, 0.25) is 0 Å². The van der Waals surface area contributed by atoms with Gasteiger partial charge in [0.05, 0.1) is 5.69 Å². The Labute approximate surface area is 140 Å². The lowest BCUT2D eigenvalue weighted by Crippen LogP contribution is -2.39. The van der Waals surface area contributed by atoms with Gasteiger partial charge in [0.15, 0.2) is 0 Å². The minimum atomic E-state index is 0.000361. The van der Waals surface area contributed by atoms with Gasteiger partial charge in [0.1, 0.15) is 5.69 Å². The van der Waals surface area contributed by atoms with E-state index in [0.29, 0.717) is 12.2 Å². The molecular formula is C19H18N4O. The van der Waals surface area contributed by atoms with Crippen LogP contribution in [0, 0.1) is 0 Å². The number of amides is 1. The van der Waals surface area contributed by atoms with E-state index in [2.05, 4.69) is 15.0 Å². The molecule has 1 aliphatic heterocycles. The van der Waals surface area contributed by atoms with Crippen LogP contribution >= 0.6 is 0 Å². The van der Waals surface area contributed by atoms with Crippen LogP contribution in [0.25, 0.3) is 10.8 Å². The number of pyridine rings is 1. The summed E-state index contributed by atoms with van der Waals surface area (Å²) in [7, 11) is 0. The smallest absolute Gasteiger partial charge is 0.273 e. The fourth-order valence-corrected chi connectivity index (χ4v) is 3.36. The number of hydrogen-bond acceptors (Lipinski definition) is 4. The number of fused-ring (bicyclic) bond motifs is 1. The highest BCUT2D eigenvalue weighted by Gasteiger charge is 2.27. The number of piperidine rings is 1. The number of aromatic nitrogens is 3. The molecule has 24 heavy (non-hydrogen) atoms. The molecule has 5 nitrogen and oxygen atoms in total. The maximum absolute atomic E-state index is 13.0. The highest BCUT2D eigenvalue weighted by Crippen LogP contribution is 2.27. The van der Waals surface area contributed by atoms with Gasteiger partial charge < -0.3 is 4.90 Å². The molecule has 1 amide bonds. The van der Waals surface area contributed by atoms with Gasteiger partial charge in [-0.2, -0.15) is 0 Å². The first kappa shape index (κ1) is 14.8. The van der Waals surface area contributed by atoms with Gasteiger partial charge in [0, 0.05) is 49.2 Å². The summed E-state index contributed by atoms with van der Waals surface area (Å²) in [5.74, 6) is 0.242. The SMILES string of the molecule is O=C(c1nccc2ccccc12)N1CCCC(c2cnccn2)C1. The van der Waals surface area contributed by atoms with Crippen LogP contribution in [0.1, 0.15) is 34.9 Å². The molecular weight excluding hydrogens is 300 g/mol. The third-order valence-corrected chi connectivity index (χ3v) is 4.59. The maximum atomic E-state index is 13.0. The molecule has 120 valence electrons. The third kappa shape index (κ3) is 2.73. The summed E-state index contributed by atoms with van der Waals surface area (Å²) in [6.07, 6.45) is 8.90. The number of nitrogens with zero attached hydrogens (tertiary/aromatic N) is 4. The molecule has 3 aromatic rings. The summed E-state index contributed by atoms with van der Waals surface area (Å²) in [5, 5.41) is 1.95. The molecule has 3 heterocycles. The second-order valence-corrected chi connectivity index (χ2v) is 6.10. The zero-order chi connectivity index (χ0) is 16.4. The van der Waals surface area contributed by atoms with Gasteiger partial charge in [-0.1, -0.05) is 24.3 Å². The van der Waals surface area contributed by atoms with E-state index in [9.17, 15) is 4.79 Å². The van der Waals surface area contributed by atoms with Crippen molar-refractivity contribution in [2.45, 2.75) is 18.8 Å². The molecule has 0 bridgehead atoms. The van der Waals surface area contributed by atoms with E-state index < -0.39 is 0 Å². The molecule has 0 aliphatic carbocycles. The lowest BCUT2D eigenvalue weighted by Gasteiger charge is -2.32. The molecule has 4 rings (SSSR count). The second-order valence-electron chi connectivity index (χ2n) is 6.10. The Hall–Kier alpha value is -2.82. The average molecular weight is 318 g/mol. The van der Waals surface area contributed by atoms with Crippen molar-refractivity contribution in [1.29, 1.82) is 0 Å². The van der Waals surface area contributed by atoms with Crippen molar-refractivity contribution in [2.75, 3.05) is 13.1 Å². The number of hydrogen-bond donors (Lipinski definition) is 0. The summed E-state index contributed by atoms with van der Waals surface area (Å²) in [6.45, 7) is 1.43. The van der Waals surface area contributed by atoms with Crippen molar-refractivity contribution in [3.8, 4) is 0 Å². The zero-order valence-electron chi connectivity index (χ0n) is 13.3. The first-order valence-electron chi connectivity index (χ1n) is 8.22. The van der Waals surface area contributed by atoms with E-state index in [1.807, 2.05) is 35.2 Å². The molecule has 1 aliphatic rings. The van der Waals surface area contributed by atoms with E-state index in [0.717, 1.165) is 35.9 Å². The molecule has 0 spiro atoms. The van der Waals surface area contributed by atoms with E-state index in [4.69, 9.17) is 0 Å². The Morgan fingerprint density at radius 1 is 1.08 bits per heavy atom. The predicted molar refractivity (Wildman–Crippen MR) is 91.7 cm³/mol. The van der Waals surface area contributed by atoms with Crippen molar-refractivity contribution in [3.63, 3.8) is 0 Å². The van der Waals surface area contributed by atoms with Gasteiger partial charge in [0.25, 0.3) is 5.91 Å². The van der Waals surface area contributed by atoms with Gasteiger partial charge in [-0.25, -0.2) is 0 Å². The second kappa shape index (κ2) is 6.35. The van der Waals surface area contributed by atoms with Gasteiger partial charge in [-0.3, -0.25) is 19.7 Å². The summed E-state index contributed by atoms with van der Waals surface area (Å²) in [4.78, 5) is 27.8. The summed E-state index contributed by atoms with van der Waals surface area (Å²) in [6, 6.07) is 9.82. The lowest BCUT2D eigenvalue weighted by molar-refractivity contribution is 0.0702. The lowest BCUT2D eigenvalue weighted by atomic mass is 9.94. The first-order chi connectivity index (χ1) is 11.8. The van der Waals surface area contributed by atoms with Crippen molar-refractivity contribution >= 4 is 16.7 Å². The van der Waals surface area contributed by atoms with E-state index in [-0.39, 0.29) is 11.8 Å². The van der Waals surface area contributed by atoms with Crippen LogP contribution in [0.15, 0.2) is 55.1 Å². The van der Waals surface area contributed by atoms with Crippen LogP contribution in [0.5, 0.6) is 0 Å². The number of likely N-dealkylation sites (tertiary alicyclic amines) is 1. The van der Waals surface area contributed by atoms with E-state index in [1.165, 1.54) is 0 Å². The summed E-state index contributed by atoms with van der Waals surface area (Å²) < 4.78 is 0. The topological polar surface area (TPSA) is 59.0 Å². The van der Waals surface area contributed by atoms with Crippen LogP contribution in [-0.2, 0) is 0 Å². The molecule has 1 aromatic carbocycles. The Balaban J connectivity index is 1.62. The van der Waals surface area contributed by atoms with Crippen LogP contribution in [0.4, 0.5) is 0 Å².